The highest BCUT2D eigenvalue weighted by Crippen LogP contribution is 2.32. The maximum atomic E-state index is 5.91. The lowest BCUT2D eigenvalue weighted by atomic mass is 10.1. The van der Waals surface area contributed by atoms with Crippen LogP contribution in [0.5, 0.6) is 0 Å². The van der Waals surface area contributed by atoms with Crippen LogP contribution in [0.1, 0.15) is 11.1 Å². The van der Waals surface area contributed by atoms with Gasteiger partial charge in [0, 0.05) is 23.8 Å². The lowest BCUT2D eigenvalue weighted by Gasteiger charge is -2.17. The molecule has 1 aromatic heterocycles. The molecule has 0 saturated heterocycles. The van der Waals surface area contributed by atoms with E-state index in [1.54, 1.807) is 6.20 Å². The SMILES string of the molecule is Clc1ccc(CCNc2cnnc(N3CCc4ccccc43)n2)cc1. The summed E-state index contributed by atoms with van der Waals surface area (Å²) in [7, 11) is 0. The Hall–Kier alpha value is -2.66. The second-order valence-corrected chi connectivity index (χ2v) is 6.41. The van der Waals surface area contributed by atoms with Gasteiger partial charge >= 0.3 is 0 Å². The van der Waals surface area contributed by atoms with Gasteiger partial charge in [-0.15, -0.1) is 5.10 Å². The van der Waals surface area contributed by atoms with Crippen molar-refractivity contribution >= 4 is 29.1 Å². The van der Waals surface area contributed by atoms with E-state index in [9.17, 15) is 0 Å². The molecule has 0 spiro atoms. The van der Waals surface area contributed by atoms with Crippen molar-refractivity contribution < 1.29 is 0 Å². The van der Waals surface area contributed by atoms with Crippen molar-refractivity contribution in [2.45, 2.75) is 12.8 Å². The van der Waals surface area contributed by atoms with Gasteiger partial charge in [-0.25, -0.2) is 0 Å². The van der Waals surface area contributed by atoms with Gasteiger partial charge in [-0.3, -0.25) is 0 Å². The fraction of sp³-hybridized carbons (Fsp3) is 0.211. The number of nitrogens with one attached hydrogen (secondary N) is 1. The molecule has 5 nitrogen and oxygen atoms in total. The molecule has 0 saturated carbocycles. The zero-order valence-corrected chi connectivity index (χ0v) is 14.4. The molecular formula is C19H18ClN5. The molecule has 1 aliphatic heterocycles. The monoisotopic (exact) mass is 351 g/mol. The van der Waals surface area contributed by atoms with Crippen LogP contribution in [-0.2, 0) is 12.8 Å². The molecule has 0 atom stereocenters. The molecule has 6 heteroatoms. The van der Waals surface area contributed by atoms with Crippen molar-refractivity contribution in [1.82, 2.24) is 15.2 Å². The fourth-order valence-corrected chi connectivity index (χ4v) is 3.15. The molecule has 4 rings (SSSR count). The third-order valence-corrected chi connectivity index (χ3v) is 4.56. The smallest absolute Gasteiger partial charge is 0.251 e. The Kier molecular flexibility index (Phi) is 4.48. The van der Waals surface area contributed by atoms with Crippen LogP contribution in [0.4, 0.5) is 17.5 Å². The molecule has 25 heavy (non-hydrogen) atoms. The topological polar surface area (TPSA) is 53.9 Å². The average molecular weight is 352 g/mol. The van der Waals surface area contributed by atoms with E-state index in [0.717, 1.165) is 36.8 Å². The van der Waals surface area contributed by atoms with Gasteiger partial charge in [-0.2, -0.15) is 10.1 Å². The van der Waals surface area contributed by atoms with Gasteiger partial charge < -0.3 is 10.2 Å². The Balaban J connectivity index is 1.43. The average Bonchev–Trinajstić information content (AvgIpc) is 3.08. The summed E-state index contributed by atoms with van der Waals surface area (Å²) in [5.41, 5.74) is 3.72. The highest BCUT2D eigenvalue weighted by atomic mass is 35.5. The Morgan fingerprint density at radius 2 is 1.92 bits per heavy atom. The summed E-state index contributed by atoms with van der Waals surface area (Å²) < 4.78 is 0. The minimum atomic E-state index is 0.640. The summed E-state index contributed by atoms with van der Waals surface area (Å²) in [5, 5.41) is 12.4. The quantitative estimate of drug-likeness (QED) is 0.756. The summed E-state index contributed by atoms with van der Waals surface area (Å²) >= 11 is 5.91. The summed E-state index contributed by atoms with van der Waals surface area (Å²) in [6, 6.07) is 16.3. The molecule has 0 radical (unpaired) electrons. The molecule has 1 N–H and O–H groups in total. The van der Waals surface area contributed by atoms with Gasteiger partial charge in [-0.05, 0) is 42.2 Å². The minimum Gasteiger partial charge on any atom is -0.368 e. The number of halogens is 1. The van der Waals surface area contributed by atoms with Crippen LogP contribution in [0.2, 0.25) is 5.02 Å². The van der Waals surface area contributed by atoms with Crippen LogP contribution in [0.3, 0.4) is 0 Å². The lowest BCUT2D eigenvalue weighted by molar-refractivity contribution is 0.879. The highest BCUT2D eigenvalue weighted by Gasteiger charge is 2.22. The van der Waals surface area contributed by atoms with Crippen LogP contribution in [0.15, 0.2) is 54.7 Å². The fourth-order valence-electron chi connectivity index (χ4n) is 3.03. The predicted octanol–water partition coefficient (Wildman–Crippen LogP) is 3.87. The van der Waals surface area contributed by atoms with E-state index in [4.69, 9.17) is 11.6 Å². The number of hydrogen-bond acceptors (Lipinski definition) is 5. The molecular weight excluding hydrogens is 334 g/mol. The molecule has 126 valence electrons. The van der Waals surface area contributed by atoms with Crippen molar-refractivity contribution in [3.8, 4) is 0 Å². The first kappa shape index (κ1) is 15.8. The molecule has 2 aromatic carbocycles. The molecule has 3 aromatic rings. The molecule has 0 unspecified atom stereocenters. The van der Waals surface area contributed by atoms with E-state index in [1.165, 1.54) is 16.8 Å². The number of nitrogens with zero attached hydrogens (tertiary/aromatic N) is 4. The second kappa shape index (κ2) is 7.07. The first-order chi connectivity index (χ1) is 12.3. The van der Waals surface area contributed by atoms with Crippen molar-refractivity contribution in [3.63, 3.8) is 0 Å². The number of aromatic nitrogens is 3. The molecule has 2 heterocycles. The molecule has 0 amide bonds. The van der Waals surface area contributed by atoms with Crippen molar-refractivity contribution in [1.29, 1.82) is 0 Å². The van der Waals surface area contributed by atoms with Gasteiger partial charge in [0.25, 0.3) is 5.95 Å². The Labute approximate surface area is 151 Å². The molecule has 0 fully saturated rings. The summed E-state index contributed by atoms with van der Waals surface area (Å²) in [5.74, 6) is 1.38. The zero-order valence-electron chi connectivity index (χ0n) is 13.7. The highest BCUT2D eigenvalue weighted by molar-refractivity contribution is 6.30. The number of para-hydroxylation sites is 1. The lowest BCUT2D eigenvalue weighted by Crippen LogP contribution is -2.18. The van der Waals surface area contributed by atoms with E-state index in [2.05, 4.69) is 43.6 Å². The summed E-state index contributed by atoms with van der Waals surface area (Å²) in [6.45, 7) is 1.66. The van der Waals surface area contributed by atoms with Crippen LogP contribution in [0, 0.1) is 0 Å². The zero-order chi connectivity index (χ0) is 17.1. The first-order valence-corrected chi connectivity index (χ1v) is 8.71. The van der Waals surface area contributed by atoms with E-state index in [0.29, 0.717) is 5.95 Å². The third-order valence-electron chi connectivity index (χ3n) is 4.31. The van der Waals surface area contributed by atoms with Gasteiger partial charge in [0.05, 0.1) is 6.20 Å². The van der Waals surface area contributed by atoms with E-state index in [-0.39, 0.29) is 0 Å². The largest absolute Gasteiger partial charge is 0.368 e. The Morgan fingerprint density at radius 3 is 2.80 bits per heavy atom. The maximum Gasteiger partial charge on any atom is 0.251 e. The first-order valence-electron chi connectivity index (χ1n) is 8.33. The van der Waals surface area contributed by atoms with Crippen LogP contribution < -0.4 is 10.2 Å². The number of hydrogen-bond donors (Lipinski definition) is 1. The molecule has 0 bridgehead atoms. The predicted molar refractivity (Wildman–Crippen MR) is 101 cm³/mol. The second-order valence-electron chi connectivity index (χ2n) is 5.98. The van der Waals surface area contributed by atoms with Crippen LogP contribution in [-0.4, -0.2) is 28.3 Å². The number of fused-ring (bicyclic) bond motifs is 1. The van der Waals surface area contributed by atoms with E-state index in [1.807, 2.05) is 30.3 Å². The summed E-state index contributed by atoms with van der Waals surface area (Å²) in [4.78, 5) is 6.74. The van der Waals surface area contributed by atoms with Gasteiger partial charge in [0.15, 0.2) is 5.82 Å². The van der Waals surface area contributed by atoms with Crippen LogP contribution >= 0.6 is 11.6 Å². The van der Waals surface area contributed by atoms with Crippen molar-refractivity contribution in [2.75, 3.05) is 23.3 Å². The number of anilines is 3. The van der Waals surface area contributed by atoms with Gasteiger partial charge in [-0.1, -0.05) is 41.9 Å². The number of rotatable bonds is 5. The Morgan fingerprint density at radius 1 is 1.08 bits per heavy atom. The van der Waals surface area contributed by atoms with Gasteiger partial charge in [0.1, 0.15) is 0 Å². The van der Waals surface area contributed by atoms with Gasteiger partial charge in [0.2, 0.25) is 0 Å². The van der Waals surface area contributed by atoms with E-state index >= 15 is 0 Å². The molecule has 0 aliphatic carbocycles. The van der Waals surface area contributed by atoms with Crippen molar-refractivity contribution in [3.05, 3.63) is 70.9 Å². The Bertz CT molecular complexity index is 866. The maximum absolute atomic E-state index is 5.91. The van der Waals surface area contributed by atoms with E-state index < -0.39 is 0 Å². The van der Waals surface area contributed by atoms with Crippen molar-refractivity contribution in [2.24, 2.45) is 0 Å². The normalized spacial score (nSPS) is 12.9. The molecule has 1 aliphatic rings. The minimum absolute atomic E-state index is 0.640. The third kappa shape index (κ3) is 3.56. The summed E-state index contributed by atoms with van der Waals surface area (Å²) in [6.07, 6.45) is 3.56. The number of benzene rings is 2. The standard InChI is InChI=1S/C19H18ClN5/c20-16-7-5-14(6-8-16)9-11-21-18-13-22-24-19(23-18)25-12-10-15-3-1-2-4-17(15)25/h1-8,13H,9-12H2,(H,21,23,24). The van der Waals surface area contributed by atoms with Crippen LogP contribution in [0.25, 0.3) is 0 Å².